The van der Waals surface area contributed by atoms with Crippen molar-refractivity contribution in [3.8, 4) is 17.0 Å². The van der Waals surface area contributed by atoms with Crippen molar-refractivity contribution in [3.05, 3.63) is 71.9 Å². The van der Waals surface area contributed by atoms with E-state index in [4.69, 9.17) is 9.72 Å². The Morgan fingerprint density at radius 1 is 1.07 bits per heavy atom. The van der Waals surface area contributed by atoms with Crippen LogP contribution in [0.15, 0.2) is 54.7 Å². The molecule has 4 nitrogen and oxygen atoms in total. The largest absolute Gasteiger partial charge is 0.497 e. The average molecular weight is 377 g/mol. The number of fused-ring (bicyclic) bond motifs is 2. The highest BCUT2D eigenvalue weighted by molar-refractivity contribution is 5.60. The SMILES string of the molecule is COc1ccc(-c2cnc3n2C[C@H]2CN(Cc4cccc(F)c4)C[C@@H]2C3)cc1. The van der Waals surface area contributed by atoms with E-state index in [-0.39, 0.29) is 5.82 Å². The summed E-state index contributed by atoms with van der Waals surface area (Å²) in [6.45, 7) is 3.94. The molecule has 2 aliphatic heterocycles. The minimum atomic E-state index is -0.154. The second-order valence-corrected chi connectivity index (χ2v) is 7.95. The summed E-state index contributed by atoms with van der Waals surface area (Å²) in [6.07, 6.45) is 3.02. The third kappa shape index (κ3) is 3.20. The Morgan fingerprint density at radius 3 is 2.68 bits per heavy atom. The van der Waals surface area contributed by atoms with Crippen LogP contribution in [0, 0.1) is 17.7 Å². The summed E-state index contributed by atoms with van der Waals surface area (Å²) in [7, 11) is 1.69. The third-order valence-corrected chi connectivity index (χ3v) is 6.13. The number of hydrogen-bond donors (Lipinski definition) is 0. The monoisotopic (exact) mass is 377 g/mol. The highest BCUT2D eigenvalue weighted by Gasteiger charge is 2.37. The van der Waals surface area contributed by atoms with Crippen molar-refractivity contribution in [1.82, 2.24) is 14.5 Å². The average Bonchev–Trinajstić information content (AvgIpc) is 3.28. The minimum Gasteiger partial charge on any atom is -0.497 e. The second kappa shape index (κ2) is 7.06. The van der Waals surface area contributed by atoms with Gasteiger partial charge in [0, 0.05) is 38.2 Å². The van der Waals surface area contributed by atoms with Gasteiger partial charge in [0.15, 0.2) is 0 Å². The highest BCUT2D eigenvalue weighted by atomic mass is 19.1. The Hall–Kier alpha value is -2.66. The molecular formula is C23H24FN3O. The van der Waals surface area contributed by atoms with Crippen LogP contribution in [0.1, 0.15) is 11.4 Å². The van der Waals surface area contributed by atoms with E-state index in [0.29, 0.717) is 11.8 Å². The van der Waals surface area contributed by atoms with Crippen molar-refractivity contribution in [2.45, 2.75) is 19.5 Å². The fraction of sp³-hybridized carbons (Fsp3) is 0.348. The molecule has 3 heterocycles. The molecule has 2 aromatic carbocycles. The number of hydrogen-bond acceptors (Lipinski definition) is 3. The summed E-state index contributed by atoms with van der Waals surface area (Å²) < 4.78 is 21.1. The molecule has 0 unspecified atom stereocenters. The lowest BCUT2D eigenvalue weighted by molar-refractivity contribution is 0.306. The first-order chi connectivity index (χ1) is 13.7. The first kappa shape index (κ1) is 17.4. The van der Waals surface area contributed by atoms with Crippen molar-refractivity contribution in [2.75, 3.05) is 20.2 Å². The van der Waals surface area contributed by atoms with Gasteiger partial charge in [-0.15, -0.1) is 0 Å². The zero-order chi connectivity index (χ0) is 19.1. The first-order valence-corrected chi connectivity index (χ1v) is 9.85. The summed E-state index contributed by atoms with van der Waals surface area (Å²) in [5.74, 6) is 3.14. The molecule has 0 saturated carbocycles. The van der Waals surface area contributed by atoms with Crippen LogP contribution < -0.4 is 4.74 Å². The standard InChI is InChI=1S/C23H24FN3O/c1-28-21-7-5-17(6-8-21)22-11-25-23-10-18-13-26(14-19(18)15-27(22)23)12-16-3-2-4-20(24)9-16/h2-9,11,18-19H,10,12-15H2,1H3/t18-,19+/m0/s1. The van der Waals surface area contributed by atoms with Gasteiger partial charge in [-0.3, -0.25) is 4.90 Å². The molecule has 5 rings (SSSR count). The predicted octanol–water partition coefficient (Wildman–Crippen LogP) is 4.00. The first-order valence-electron chi connectivity index (χ1n) is 9.85. The third-order valence-electron chi connectivity index (χ3n) is 6.13. The molecule has 2 aliphatic rings. The molecule has 2 atom stereocenters. The Balaban J connectivity index is 1.33. The Morgan fingerprint density at radius 2 is 1.89 bits per heavy atom. The fourth-order valence-corrected chi connectivity index (χ4v) is 4.74. The van der Waals surface area contributed by atoms with Crippen molar-refractivity contribution >= 4 is 0 Å². The van der Waals surface area contributed by atoms with Crippen molar-refractivity contribution < 1.29 is 9.13 Å². The van der Waals surface area contributed by atoms with Gasteiger partial charge in [0.05, 0.1) is 19.0 Å². The van der Waals surface area contributed by atoms with E-state index in [2.05, 4.69) is 21.6 Å². The van der Waals surface area contributed by atoms with Gasteiger partial charge in [-0.05, 0) is 53.8 Å². The van der Waals surface area contributed by atoms with Crippen LogP contribution in [0.5, 0.6) is 5.75 Å². The molecule has 0 N–H and O–H groups in total. The zero-order valence-corrected chi connectivity index (χ0v) is 16.0. The lowest BCUT2D eigenvalue weighted by atomic mass is 9.89. The summed E-state index contributed by atoms with van der Waals surface area (Å²) in [4.78, 5) is 7.18. The lowest BCUT2D eigenvalue weighted by Gasteiger charge is -2.27. The van der Waals surface area contributed by atoms with Gasteiger partial charge in [0.25, 0.3) is 0 Å². The number of aromatic nitrogens is 2. The van der Waals surface area contributed by atoms with Gasteiger partial charge < -0.3 is 9.30 Å². The molecule has 0 radical (unpaired) electrons. The van der Waals surface area contributed by atoms with Crippen molar-refractivity contribution in [1.29, 1.82) is 0 Å². The molecule has 0 spiro atoms. The molecule has 0 aliphatic carbocycles. The number of halogens is 1. The molecule has 1 aromatic heterocycles. The number of imidazole rings is 1. The van der Waals surface area contributed by atoms with E-state index in [1.54, 1.807) is 19.2 Å². The van der Waals surface area contributed by atoms with Crippen LogP contribution in [0.4, 0.5) is 4.39 Å². The summed E-state index contributed by atoms with van der Waals surface area (Å²) >= 11 is 0. The van der Waals surface area contributed by atoms with E-state index < -0.39 is 0 Å². The summed E-state index contributed by atoms with van der Waals surface area (Å²) in [5.41, 5.74) is 3.41. The Labute approximate surface area is 164 Å². The number of methoxy groups -OCH3 is 1. The van der Waals surface area contributed by atoms with Gasteiger partial charge in [0.1, 0.15) is 17.4 Å². The van der Waals surface area contributed by atoms with Crippen molar-refractivity contribution in [2.24, 2.45) is 11.8 Å². The van der Waals surface area contributed by atoms with Crippen LogP contribution in [0.2, 0.25) is 0 Å². The molecule has 3 aromatic rings. The van der Waals surface area contributed by atoms with Crippen LogP contribution in [-0.4, -0.2) is 34.7 Å². The molecule has 28 heavy (non-hydrogen) atoms. The second-order valence-electron chi connectivity index (χ2n) is 7.95. The Kier molecular flexibility index (Phi) is 4.40. The van der Waals surface area contributed by atoms with Gasteiger partial charge in [-0.25, -0.2) is 9.37 Å². The van der Waals surface area contributed by atoms with E-state index >= 15 is 0 Å². The highest BCUT2D eigenvalue weighted by Crippen LogP contribution is 2.36. The number of likely N-dealkylation sites (tertiary alicyclic amines) is 1. The van der Waals surface area contributed by atoms with Crippen LogP contribution in [0.3, 0.4) is 0 Å². The number of benzene rings is 2. The van der Waals surface area contributed by atoms with Gasteiger partial charge in [0.2, 0.25) is 0 Å². The molecule has 144 valence electrons. The number of rotatable bonds is 4. The van der Waals surface area contributed by atoms with E-state index in [0.717, 1.165) is 43.9 Å². The zero-order valence-electron chi connectivity index (χ0n) is 16.0. The maximum absolute atomic E-state index is 13.5. The summed E-state index contributed by atoms with van der Waals surface area (Å²) in [6, 6.07) is 15.2. The molecule has 5 heteroatoms. The predicted molar refractivity (Wildman–Crippen MR) is 107 cm³/mol. The van der Waals surface area contributed by atoms with Gasteiger partial charge >= 0.3 is 0 Å². The van der Waals surface area contributed by atoms with Crippen LogP contribution >= 0.6 is 0 Å². The molecule has 1 fully saturated rings. The molecule has 0 amide bonds. The summed E-state index contributed by atoms with van der Waals surface area (Å²) in [5, 5.41) is 0. The van der Waals surface area contributed by atoms with Gasteiger partial charge in [-0.1, -0.05) is 12.1 Å². The normalized spacial score (nSPS) is 21.4. The molecule has 1 saturated heterocycles. The molecule has 0 bridgehead atoms. The quantitative estimate of drug-likeness (QED) is 0.688. The molecular weight excluding hydrogens is 353 g/mol. The maximum Gasteiger partial charge on any atom is 0.123 e. The minimum absolute atomic E-state index is 0.154. The topological polar surface area (TPSA) is 30.3 Å². The van der Waals surface area contributed by atoms with Gasteiger partial charge in [-0.2, -0.15) is 0 Å². The van der Waals surface area contributed by atoms with Crippen LogP contribution in [0.25, 0.3) is 11.3 Å². The van der Waals surface area contributed by atoms with E-state index in [9.17, 15) is 4.39 Å². The fourth-order valence-electron chi connectivity index (χ4n) is 4.74. The number of ether oxygens (including phenoxy) is 1. The van der Waals surface area contributed by atoms with E-state index in [1.165, 1.54) is 23.1 Å². The Bertz CT molecular complexity index is 982. The maximum atomic E-state index is 13.5. The van der Waals surface area contributed by atoms with Crippen LogP contribution in [-0.2, 0) is 19.5 Å². The van der Waals surface area contributed by atoms with Crippen molar-refractivity contribution in [3.63, 3.8) is 0 Å². The smallest absolute Gasteiger partial charge is 0.123 e. The number of nitrogens with zero attached hydrogens (tertiary/aromatic N) is 3. The lowest BCUT2D eigenvalue weighted by Crippen LogP contribution is -2.28. The van der Waals surface area contributed by atoms with E-state index in [1.807, 2.05) is 24.4 Å².